The summed E-state index contributed by atoms with van der Waals surface area (Å²) in [5.41, 5.74) is 1.72. The summed E-state index contributed by atoms with van der Waals surface area (Å²) < 4.78 is 5.61. The van der Waals surface area contributed by atoms with Crippen molar-refractivity contribution < 1.29 is 14.5 Å². The molecule has 3 rings (SSSR count). The number of rotatable bonds is 3. The van der Waals surface area contributed by atoms with Crippen molar-refractivity contribution in [2.45, 2.75) is 13.3 Å². The van der Waals surface area contributed by atoms with Gasteiger partial charge in [-0.1, -0.05) is 17.7 Å². The summed E-state index contributed by atoms with van der Waals surface area (Å²) in [7, 11) is 0. The second-order valence-corrected chi connectivity index (χ2v) is 6.10. The first-order valence-corrected chi connectivity index (χ1v) is 7.79. The zero-order chi connectivity index (χ0) is 17.3. The smallest absolute Gasteiger partial charge is 0.274 e. The third-order valence-electron chi connectivity index (χ3n) is 4.06. The molecule has 2 aromatic carbocycles. The van der Waals surface area contributed by atoms with Gasteiger partial charge in [0.05, 0.1) is 22.1 Å². The summed E-state index contributed by atoms with van der Waals surface area (Å²) >= 11 is 5.98. The van der Waals surface area contributed by atoms with Gasteiger partial charge in [-0.3, -0.25) is 14.9 Å². The van der Waals surface area contributed by atoms with E-state index in [1.165, 1.54) is 6.07 Å². The van der Waals surface area contributed by atoms with E-state index in [0.29, 0.717) is 22.7 Å². The van der Waals surface area contributed by atoms with E-state index < -0.39 is 4.92 Å². The molecule has 0 aliphatic carbocycles. The van der Waals surface area contributed by atoms with Gasteiger partial charge in [0.15, 0.2) is 0 Å². The van der Waals surface area contributed by atoms with Crippen LogP contribution in [0.2, 0.25) is 5.02 Å². The highest BCUT2D eigenvalue weighted by Gasteiger charge is 2.27. The number of nitrogens with zero attached hydrogens (tertiary/aromatic N) is 1. The zero-order valence-corrected chi connectivity index (χ0v) is 13.7. The Hall–Kier alpha value is -2.60. The van der Waals surface area contributed by atoms with Crippen molar-refractivity contribution in [1.82, 2.24) is 0 Å². The lowest BCUT2D eigenvalue weighted by atomic mass is 9.96. The summed E-state index contributed by atoms with van der Waals surface area (Å²) in [4.78, 5) is 23.0. The van der Waals surface area contributed by atoms with Gasteiger partial charge >= 0.3 is 0 Å². The third-order valence-corrected chi connectivity index (χ3v) is 4.29. The fourth-order valence-electron chi connectivity index (χ4n) is 2.72. The first-order valence-electron chi connectivity index (χ1n) is 7.42. The Morgan fingerprint density at radius 2 is 2.17 bits per heavy atom. The normalized spacial score (nSPS) is 16.0. The number of nitro groups is 1. The van der Waals surface area contributed by atoms with Crippen molar-refractivity contribution in [2.75, 3.05) is 11.9 Å². The monoisotopic (exact) mass is 346 g/mol. The molecule has 2 aromatic rings. The number of hydrogen-bond donors (Lipinski definition) is 1. The Morgan fingerprint density at radius 3 is 2.92 bits per heavy atom. The standard InChI is InChI=1S/C17H15ClN2O4/c1-10-14(3-2-4-15(10)20(22)23)19-17(21)12-7-11-8-13(18)5-6-16(11)24-9-12/h2-6,8,12H,7,9H2,1H3,(H,19,21)/t12-/m1/s1. The molecular formula is C17H15ClN2O4. The van der Waals surface area contributed by atoms with Gasteiger partial charge in [0.25, 0.3) is 5.69 Å². The number of carbonyl (C=O) groups is 1. The van der Waals surface area contributed by atoms with Gasteiger partial charge in [0.1, 0.15) is 12.4 Å². The van der Waals surface area contributed by atoms with Crippen molar-refractivity contribution in [1.29, 1.82) is 0 Å². The molecule has 24 heavy (non-hydrogen) atoms. The number of hydrogen-bond acceptors (Lipinski definition) is 4. The van der Waals surface area contributed by atoms with Gasteiger partial charge in [0.2, 0.25) is 5.91 Å². The van der Waals surface area contributed by atoms with Gasteiger partial charge in [-0.2, -0.15) is 0 Å². The molecule has 1 amide bonds. The van der Waals surface area contributed by atoms with Crippen molar-refractivity contribution in [3.63, 3.8) is 0 Å². The number of benzene rings is 2. The van der Waals surface area contributed by atoms with E-state index in [2.05, 4.69) is 5.32 Å². The van der Waals surface area contributed by atoms with Crippen LogP contribution in [0.15, 0.2) is 36.4 Å². The van der Waals surface area contributed by atoms with Crippen LogP contribution in [-0.4, -0.2) is 17.4 Å². The maximum Gasteiger partial charge on any atom is 0.274 e. The van der Waals surface area contributed by atoms with Crippen molar-refractivity contribution in [2.24, 2.45) is 5.92 Å². The Bertz CT molecular complexity index is 822. The second kappa shape index (κ2) is 6.49. The van der Waals surface area contributed by atoms with E-state index in [0.717, 1.165) is 11.3 Å². The highest BCUT2D eigenvalue weighted by Crippen LogP contribution is 2.31. The van der Waals surface area contributed by atoms with Crippen LogP contribution < -0.4 is 10.1 Å². The van der Waals surface area contributed by atoms with E-state index in [1.807, 2.05) is 0 Å². The number of nitro benzene ring substituents is 1. The molecule has 0 unspecified atom stereocenters. The molecule has 1 N–H and O–H groups in total. The number of carbonyl (C=O) groups excluding carboxylic acids is 1. The van der Waals surface area contributed by atoms with Crippen LogP contribution in [0.3, 0.4) is 0 Å². The van der Waals surface area contributed by atoms with Gasteiger partial charge in [-0.25, -0.2) is 0 Å². The minimum absolute atomic E-state index is 0.0233. The second-order valence-electron chi connectivity index (χ2n) is 5.66. The summed E-state index contributed by atoms with van der Waals surface area (Å²) in [6.45, 7) is 1.87. The lowest BCUT2D eigenvalue weighted by molar-refractivity contribution is -0.385. The molecule has 0 bridgehead atoms. The number of amides is 1. The van der Waals surface area contributed by atoms with Crippen molar-refractivity contribution >= 4 is 28.9 Å². The molecule has 124 valence electrons. The number of ether oxygens (including phenoxy) is 1. The molecule has 7 heteroatoms. The van der Waals surface area contributed by atoms with Gasteiger partial charge in [-0.15, -0.1) is 0 Å². The average Bonchev–Trinajstić information content (AvgIpc) is 2.55. The molecular weight excluding hydrogens is 332 g/mol. The van der Waals surface area contributed by atoms with Crippen LogP contribution >= 0.6 is 11.6 Å². The van der Waals surface area contributed by atoms with E-state index in [1.54, 1.807) is 37.3 Å². The van der Waals surface area contributed by atoms with Crippen LogP contribution in [0.1, 0.15) is 11.1 Å². The lowest BCUT2D eigenvalue weighted by Crippen LogP contribution is -2.32. The van der Waals surface area contributed by atoms with Crippen LogP contribution in [0.4, 0.5) is 11.4 Å². The highest BCUT2D eigenvalue weighted by atomic mass is 35.5. The van der Waals surface area contributed by atoms with Crippen molar-refractivity contribution in [3.05, 3.63) is 62.7 Å². The van der Waals surface area contributed by atoms with Crippen molar-refractivity contribution in [3.8, 4) is 5.75 Å². The molecule has 6 nitrogen and oxygen atoms in total. The third kappa shape index (κ3) is 3.19. The minimum Gasteiger partial charge on any atom is -0.492 e. The molecule has 0 fully saturated rings. The molecule has 0 saturated carbocycles. The molecule has 1 aliphatic heterocycles. The minimum atomic E-state index is -0.465. The fraction of sp³-hybridized carbons (Fsp3) is 0.235. The first kappa shape index (κ1) is 16.3. The Kier molecular flexibility index (Phi) is 4.40. The van der Waals surface area contributed by atoms with Gasteiger partial charge in [-0.05, 0) is 43.2 Å². The Morgan fingerprint density at radius 1 is 1.38 bits per heavy atom. The summed E-state index contributed by atoms with van der Waals surface area (Å²) in [5.74, 6) is 0.119. The number of fused-ring (bicyclic) bond motifs is 1. The van der Waals surface area contributed by atoms with Crippen LogP contribution in [0.5, 0.6) is 5.75 Å². The topological polar surface area (TPSA) is 81.5 Å². The van der Waals surface area contributed by atoms with E-state index in [4.69, 9.17) is 16.3 Å². The molecule has 0 aromatic heterocycles. The average molecular weight is 347 g/mol. The Labute approximate surface area is 143 Å². The zero-order valence-electron chi connectivity index (χ0n) is 12.9. The van der Waals surface area contributed by atoms with E-state index in [9.17, 15) is 14.9 Å². The van der Waals surface area contributed by atoms with Gasteiger partial charge < -0.3 is 10.1 Å². The molecule has 0 saturated heterocycles. The van der Waals surface area contributed by atoms with Gasteiger partial charge in [0, 0.05) is 11.1 Å². The summed E-state index contributed by atoms with van der Waals surface area (Å²) in [6, 6.07) is 9.92. The molecule has 0 radical (unpaired) electrons. The first-order chi connectivity index (χ1) is 11.5. The van der Waals surface area contributed by atoms with Crippen LogP contribution in [0.25, 0.3) is 0 Å². The maximum atomic E-state index is 12.5. The molecule has 0 spiro atoms. The maximum absolute atomic E-state index is 12.5. The molecule has 1 aliphatic rings. The van der Waals surface area contributed by atoms with Crippen LogP contribution in [0, 0.1) is 23.0 Å². The molecule has 1 atom stereocenters. The predicted molar refractivity (Wildman–Crippen MR) is 90.6 cm³/mol. The molecule has 1 heterocycles. The summed E-state index contributed by atoms with van der Waals surface area (Å²) in [5, 5.41) is 14.3. The predicted octanol–water partition coefficient (Wildman–Crippen LogP) is 3.75. The van der Waals surface area contributed by atoms with Crippen LogP contribution in [-0.2, 0) is 11.2 Å². The van der Waals surface area contributed by atoms with E-state index >= 15 is 0 Å². The number of halogens is 1. The highest BCUT2D eigenvalue weighted by molar-refractivity contribution is 6.30. The number of anilines is 1. The SMILES string of the molecule is Cc1c(NC(=O)[C@H]2COc3ccc(Cl)cc3C2)cccc1[N+](=O)[O-]. The van der Waals surface area contributed by atoms with E-state index in [-0.39, 0.29) is 24.1 Å². The quantitative estimate of drug-likeness (QED) is 0.678. The largest absolute Gasteiger partial charge is 0.492 e. The fourth-order valence-corrected chi connectivity index (χ4v) is 2.92. The summed E-state index contributed by atoms with van der Waals surface area (Å²) in [6.07, 6.45) is 0.510. The number of nitrogens with one attached hydrogen (secondary N) is 1. The lowest BCUT2D eigenvalue weighted by Gasteiger charge is -2.25. The Balaban J connectivity index is 1.77.